The van der Waals surface area contributed by atoms with E-state index >= 15 is 0 Å². The summed E-state index contributed by atoms with van der Waals surface area (Å²) in [6.07, 6.45) is 1.08. The fourth-order valence-corrected chi connectivity index (χ4v) is 3.06. The number of H-pyrrole nitrogens is 1. The minimum atomic E-state index is -0.167. The molecule has 2 aromatic carbocycles. The third-order valence-corrected chi connectivity index (χ3v) is 4.06. The van der Waals surface area contributed by atoms with Crippen LogP contribution in [0, 0.1) is 12.7 Å². The van der Waals surface area contributed by atoms with Gasteiger partial charge in [-0.1, -0.05) is 30.7 Å². The zero-order valence-electron chi connectivity index (χ0n) is 13.8. The molecule has 120 valence electrons. The lowest BCUT2D eigenvalue weighted by Crippen LogP contribution is -2.23. The van der Waals surface area contributed by atoms with Gasteiger partial charge in [0.05, 0.1) is 0 Å². The fourth-order valence-electron chi connectivity index (χ4n) is 3.06. The molecule has 0 atom stereocenters. The molecule has 0 radical (unpaired) electrons. The lowest BCUT2D eigenvalue weighted by Gasteiger charge is -2.21. The molecule has 0 saturated carbocycles. The van der Waals surface area contributed by atoms with Crippen molar-refractivity contribution in [2.45, 2.75) is 33.4 Å². The van der Waals surface area contributed by atoms with E-state index in [1.165, 1.54) is 28.2 Å². The van der Waals surface area contributed by atoms with Crippen LogP contribution in [0.3, 0.4) is 0 Å². The number of fused-ring (bicyclic) bond motifs is 1. The van der Waals surface area contributed by atoms with Crippen molar-refractivity contribution in [3.05, 3.63) is 71.2 Å². The molecule has 1 N–H and O–H groups in total. The SMILES string of the molecule is CCCN(Cc1cccc(F)c1)Cc1cc2cc(C)ccc2[nH]1. The lowest BCUT2D eigenvalue weighted by atomic mass is 10.2. The number of nitrogens with one attached hydrogen (secondary N) is 1. The zero-order valence-corrected chi connectivity index (χ0v) is 13.8. The normalized spacial score (nSPS) is 11.5. The van der Waals surface area contributed by atoms with Crippen LogP contribution in [0.15, 0.2) is 48.5 Å². The molecule has 1 aromatic heterocycles. The van der Waals surface area contributed by atoms with Crippen molar-refractivity contribution in [1.82, 2.24) is 9.88 Å². The molecule has 0 aliphatic rings. The Morgan fingerprint density at radius 2 is 1.91 bits per heavy atom. The van der Waals surface area contributed by atoms with Crippen LogP contribution < -0.4 is 0 Å². The number of aromatic nitrogens is 1. The Hall–Kier alpha value is -2.13. The highest BCUT2D eigenvalue weighted by Crippen LogP contribution is 2.19. The molecular weight excluding hydrogens is 287 g/mol. The van der Waals surface area contributed by atoms with E-state index in [1.807, 2.05) is 6.07 Å². The third kappa shape index (κ3) is 3.99. The van der Waals surface area contributed by atoms with Gasteiger partial charge in [-0.15, -0.1) is 0 Å². The van der Waals surface area contributed by atoms with E-state index in [4.69, 9.17) is 0 Å². The van der Waals surface area contributed by atoms with Gasteiger partial charge in [0, 0.05) is 24.3 Å². The Kier molecular flexibility index (Phi) is 4.77. The molecule has 2 nitrogen and oxygen atoms in total. The summed E-state index contributed by atoms with van der Waals surface area (Å²) >= 11 is 0. The summed E-state index contributed by atoms with van der Waals surface area (Å²) in [5.41, 5.74) is 4.67. The molecule has 23 heavy (non-hydrogen) atoms. The molecule has 0 bridgehead atoms. The van der Waals surface area contributed by atoms with E-state index in [1.54, 1.807) is 12.1 Å². The number of benzene rings is 2. The molecular formula is C20H23FN2. The summed E-state index contributed by atoms with van der Waals surface area (Å²) in [6, 6.07) is 15.6. The maximum atomic E-state index is 13.4. The molecule has 3 heteroatoms. The maximum Gasteiger partial charge on any atom is 0.123 e. The second-order valence-electron chi connectivity index (χ2n) is 6.23. The summed E-state index contributed by atoms with van der Waals surface area (Å²) < 4.78 is 13.4. The largest absolute Gasteiger partial charge is 0.357 e. The van der Waals surface area contributed by atoms with E-state index in [-0.39, 0.29) is 5.82 Å². The average Bonchev–Trinajstić information content (AvgIpc) is 2.88. The van der Waals surface area contributed by atoms with E-state index in [2.05, 4.69) is 48.0 Å². The molecule has 3 rings (SSSR count). The maximum absolute atomic E-state index is 13.4. The Morgan fingerprint density at radius 3 is 2.70 bits per heavy atom. The summed E-state index contributed by atoms with van der Waals surface area (Å²) in [7, 11) is 0. The highest BCUT2D eigenvalue weighted by Gasteiger charge is 2.09. The van der Waals surface area contributed by atoms with E-state index < -0.39 is 0 Å². The Bertz CT molecular complexity index is 791. The van der Waals surface area contributed by atoms with Crippen molar-refractivity contribution >= 4 is 10.9 Å². The third-order valence-electron chi connectivity index (χ3n) is 4.06. The minimum absolute atomic E-state index is 0.167. The predicted octanol–water partition coefficient (Wildman–Crippen LogP) is 5.03. The summed E-state index contributed by atoms with van der Waals surface area (Å²) in [6.45, 7) is 6.88. The number of rotatable bonds is 6. The standard InChI is InChI=1S/C20H23FN2/c1-3-9-23(13-16-5-4-6-18(21)11-16)14-19-12-17-10-15(2)7-8-20(17)22-19/h4-8,10-12,22H,3,9,13-14H2,1-2H3. The van der Waals surface area contributed by atoms with E-state index in [0.29, 0.717) is 0 Å². The van der Waals surface area contributed by atoms with Gasteiger partial charge in [0.2, 0.25) is 0 Å². The monoisotopic (exact) mass is 310 g/mol. The lowest BCUT2D eigenvalue weighted by molar-refractivity contribution is 0.254. The van der Waals surface area contributed by atoms with Gasteiger partial charge in [0.1, 0.15) is 5.82 Å². The summed E-state index contributed by atoms with van der Waals surface area (Å²) in [4.78, 5) is 5.85. The van der Waals surface area contributed by atoms with Crippen LogP contribution in [0.4, 0.5) is 4.39 Å². The van der Waals surface area contributed by atoms with Gasteiger partial charge in [-0.2, -0.15) is 0 Å². The van der Waals surface area contributed by atoms with Gasteiger partial charge in [-0.25, -0.2) is 4.39 Å². The van der Waals surface area contributed by atoms with Crippen LogP contribution in [0.2, 0.25) is 0 Å². The van der Waals surface area contributed by atoms with Crippen molar-refractivity contribution in [2.75, 3.05) is 6.54 Å². The number of aryl methyl sites for hydroxylation is 1. The van der Waals surface area contributed by atoms with Gasteiger partial charge in [-0.05, 0) is 61.2 Å². The van der Waals surface area contributed by atoms with Gasteiger partial charge in [0.15, 0.2) is 0 Å². The zero-order chi connectivity index (χ0) is 16.2. The first-order valence-corrected chi connectivity index (χ1v) is 8.19. The molecule has 0 aliphatic heterocycles. The number of nitrogens with zero attached hydrogens (tertiary/aromatic N) is 1. The first kappa shape index (κ1) is 15.8. The van der Waals surface area contributed by atoms with Crippen LogP contribution >= 0.6 is 0 Å². The van der Waals surface area contributed by atoms with Crippen LogP contribution in [-0.2, 0) is 13.1 Å². The molecule has 0 saturated heterocycles. The first-order valence-electron chi connectivity index (χ1n) is 8.19. The highest BCUT2D eigenvalue weighted by molar-refractivity contribution is 5.81. The molecule has 3 aromatic rings. The molecule has 0 amide bonds. The van der Waals surface area contributed by atoms with Crippen molar-refractivity contribution in [2.24, 2.45) is 0 Å². The predicted molar refractivity (Wildman–Crippen MR) is 93.8 cm³/mol. The average molecular weight is 310 g/mol. The van der Waals surface area contributed by atoms with E-state index in [0.717, 1.165) is 31.6 Å². The highest BCUT2D eigenvalue weighted by atomic mass is 19.1. The van der Waals surface area contributed by atoms with Crippen molar-refractivity contribution in [1.29, 1.82) is 0 Å². The number of hydrogen-bond acceptors (Lipinski definition) is 1. The first-order chi connectivity index (χ1) is 11.1. The van der Waals surface area contributed by atoms with Crippen LogP contribution in [0.25, 0.3) is 10.9 Å². The Labute approximate surface area is 136 Å². The van der Waals surface area contributed by atoms with Crippen molar-refractivity contribution < 1.29 is 4.39 Å². The fraction of sp³-hybridized carbons (Fsp3) is 0.300. The molecule has 0 spiro atoms. The van der Waals surface area contributed by atoms with Crippen LogP contribution in [-0.4, -0.2) is 16.4 Å². The van der Waals surface area contributed by atoms with Gasteiger partial charge < -0.3 is 4.98 Å². The Balaban J connectivity index is 1.77. The number of hydrogen-bond donors (Lipinski definition) is 1. The quantitative estimate of drug-likeness (QED) is 0.676. The summed E-state index contributed by atoms with van der Waals surface area (Å²) in [5.74, 6) is -0.167. The second-order valence-corrected chi connectivity index (χ2v) is 6.23. The smallest absolute Gasteiger partial charge is 0.123 e. The van der Waals surface area contributed by atoms with E-state index in [9.17, 15) is 4.39 Å². The Morgan fingerprint density at radius 1 is 1.04 bits per heavy atom. The topological polar surface area (TPSA) is 19.0 Å². The van der Waals surface area contributed by atoms with Gasteiger partial charge in [-0.3, -0.25) is 4.90 Å². The molecule has 0 aliphatic carbocycles. The van der Waals surface area contributed by atoms with Crippen LogP contribution in [0.5, 0.6) is 0 Å². The number of halogens is 1. The van der Waals surface area contributed by atoms with Crippen LogP contribution in [0.1, 0.15) is 30.2 Å². The number of aromatic amines is 1. The van der Waals surface area contributed by atoms with Crippen molar-refractivity contribution in [3.8, 4) is 0 Å². The second kappa shape index (κ2) is 6.97. The molecule has 1 heterocycles. The van der Waals surface area contributed by atoms with Gasteiger partial charge >= 0.3 is 0 Å². The molecule has 0 unspecified atom stereocenters. The molecule has 0 fully saturated rings. The minimum Gasteiger partial charge on any atom is -0.357 e. The van der Waals surface area contributed by atoms with Gasteiger partial charge in [0.25, 0.3) is 0 Å². The summed E-state index contributed by atoms with van der Waals surface area (Å²) in [5, 5.41) is 1.25. The van der Waals surface area contributed by atoms with Crippen molar-refractivity contribution in [3.63, 3.8) is 0 Å².